The molecular formula is C18H31N3. The number of nitrogens with zero attached hydrogens (tertiary/aromatic N) is 2. The van der Waals surface area contributed by atoms with Crippen LogP contribution in [0.5, 0.6) is 0 Å². The SMILES string of the molecule is CC(C)C(CNC1CCN(c2ccccc2)CC1)N(C)C. The second kappa shape index (κ2) is 7.81. The van der Waals surface area contributed by atoms with Crippen molar-refractivity contribution in [1.29, 1.82) is 0 Å². The van der Waals surface area contributed by atoms with E-state index in [2.05, 4.69) is 73.4 Å². The van der Waals surface area contributed by atoms with Crippen molar-refractivity contribution in [3.63, 3.8) is 0 Å². The van der Waals surface area contributed by atoms with Gasteiger partial charge < -0.3 is 15.1 Å². The van der Waals surface area contributed by atoms with E-state index >= 15 is 0 Å². The molecule has 1 aliphatic rings. The van der Waals surface area contributed by atoms with Crippen LogP contribution >= 0.6 is 0 Å². The predicted molar refractivity (Wildman–Crippen MR) is 92.0 cm³/mol. The maximum Gasteiger partial charge on any atom is 0.0366 e. The molecule has 0 bridgehead atoms. The molecule has 1 atom stereocenters. The highest BCUT2D eigenvalue weighted by Gasteiger charge is 2.21. The quantitative estimate of drug-likeness (QED) is 0.869. The Hall–Kier alpha value is -1.06. The summed E-state index contributed by atoms with van der Waals surface area (Å²) < 4.78 is 0. The zero-order valence-electron chi connectivity index (χ0n) is 14.0. The van der Waals surface area contributed by atoms with Crippen LogP contribution in [-0.4, -0.2) is 50.7 Å². The van der Waals surface area contributed by atoms with Gasteiger partial charge in [-0.2, -0.15) is 0 Å². The van der Waals surface area contributed by atoms with Gasteiger partial charge in [0.1, 0.15) is 0 Å². The maximum atomic E-state index is 3.79. The molecule has 0 amide bonds. The van der Waals surface area contributed by atoms with Gasteiger partial charge in [0.15, 0.2) is 0 Å². The van der Waals surface area contributed by atoms with Crippen LogP contribution in [-0.2, 0) is 0 Å². The molecule has 1 N–H and O–H groups in total. The highest BCUT2D eigenvalue weighted by Crippen LogP contribution is 2.19. The lowest BCUT2D eigenvalue weighted by molar-refractivity contribution is 0.214. The normalized spacial score (nSPS) is 18.5. The monoisotopic (exact) mass is 289 g/mol. The second-order valence-electron chi connectivity index (χ2n) is 6.78. The average Bonchev–Trinajstić information content (AvgIpc) is 2.48. The van der Waals surface area contributed by atoms with Crippen LogP contribution in [0, 0.1) is 5.92 Å². The largest absolute Gasteiger partial charge is 0.371 e. The van der Waals surface area contributed by atoms with Gasteiger partial charge in [0, 0.05) is 37.4 Å². The lowest BCUT2D eigenvalue weighted by Gasteiger charge is -2.36. The Kier molecular flexibility index (Phi) is 6.07. The lowest BCUT2D eigenvalue weighted by atomic mass is 10.0. The summed E-state index contributed by atoms with van der Waals surface area (Å²) in [6, 6.07) is 12.1. The van der Waals surface area contributed by atoms with Crippen LogP contribution in [0.3, 0.4) is 0 Å². The summed E-state index contributed by atoms with van der Waals surface area (Å²) in [4.78, 5) is 4.85. The van der Waals surface area contributed by atoms with Gasteiger partial charge in [-0.3, -0.25) is 0 Å². The first-order valence-electron chi connectivity index (χ1n) is 8.27. The zero-order chi connectivity index (χ0) is 15.2. The highest BCUT2D eigenvalue weighted by molar-refractivity contribution is 5.46. The van der Waals surface area contributed by atoms with E-state index < -0.39 is 0 Å². The molecule has 1 aliphatic heterocycles. The fourth-order valence-corrected chi connectivity index (χ4v) is 3.28. The minimum absolute atomic E-state index is 0.622. The van der Waals surface area contributed by atoms with Crippen molar-refractivity contribution in [2.75, 3.05) is 38.6 Å². The van der Waals surface area contributed by atoms with Crippen LogP contribution in [0.25, 0.3) is 0 Å². The molecule has 3 heteroatoms. The lowest BCUT2D eigenvalue weighted by Crippen LogP contribution is -2.48. The minimum Gasteiger partial charge on any atom is -0.371 e. The summed E-state index contributed by atoms with van der Waals surface area (Å²) in [6.07, 6.45) is 2.49. The third-order valence-electron chi connectivity index (χ3n) is 4.66. The molecular weight excluding hydrogens is 258 g/mol. The molecule has 1 heterocycles. The van der Waals surface area contributed by atoms with Crippen molar-refractivity contribution in [3.05, 3.63) is 30.3 Å². The summed E-state index contributed by atoms with van der Waals surface area (Å²) in [7, 11) is 4.37. The summed E-state index contributed by atoms with van der Waals surface area (Å²) >= 11 is 0. The molecule has 0 aromatic heterocycles. The van der Waals surface area contributed by atoms with Gasteiger partial charge in [-0.1, -0.05) is 32.0 Å². The molecule has 1 unspecified atom stereocenters. The van der Waals surface area contributed by atoms with E-state index in [1.807, 2.05) is 0 Å². The van der Waals surface area contributed by atoms with E-state index in [9.17, 15) is 0 Å². The number of nitrogens with one attached hydrogen (secondary N) is 1. The minimum atomic E-state index is 0.622. The first-order chi connectivity index (χ1) is 10.1. The first kappa shape index (κ1) is 16.3. The van der Waals surface area contributed by atoms with E-state index in [1.165, 1.54) is 18.5 Å². The molecule has 1 aromatic carbocycles. The maximum absolute atomic E-state index is 3.79. The van der Waals surface area contributed by atoms with Crippen molar-refractivity contribution < 1.29 is 0 Å². The summed E-state index contributed by atoms with van der Waals surface area (Å²) in [5.74, 6) is 0.692. The summed E-state index contributed by atoms with van der Waals surface area (Å²) in [5, 5.41) is 3.79. The Bertz CT molecular complexity index is 386. The van der Waals surface area contributed by atoms with E-state index in [-0.39, 0.29) is 0 Å². The first-order valence-corrected chi connectivity index (χ1v) is 8.27. The van der Waals surface area contributed by atoms with Crippen LogP contribution in [0.1, 0.15) is 26.7 Å². The number of likely N-dealkylation sites (N-methyl/N-ethyl adjacent to an activating group) is 1. The van der Waals surface area contributed by atoms with Crippen molar-refractivity contribution in [2.45, 2.75) is 38.8 Å². The van der Waals surface area contributed by atoms with Gasteiger partial charge in [0.25, 0.3) is 0 Å². The Morgan fingerprint density at radius 2 is 1.76 bits per heavy atom. The molecule has 3 nitrogen and oxygen atoms in total. The van der Waals surface area contributed by atoms with Gasteiger partial charge in [-0.05, 0) is 45.0 Å². The number of para-hydroxylation sites is 1. The Morgan fingerprint density at radius 3 is 2.29 bits per heavy atom. The second-order valence-corrected chi connectivity index (χ2v) is 6.78. The van der Waals surface area contributed by atoms with Gasteiger partial charge in [0.05, 0.1) is 0 Å². The molecule has 118 valence electrons. The summed E-state index contributed by atoms with van der Waals surface area (Å²) in [6.45, 7) is 8.04. The average molecular weight is 289 g/mol. The molecule has 21 heavy (non-hydrogen) atoms. The van der Waals surface area contributed by atoms with Crippen molar-refractivity contribution in [1.82, 2.24) is 10.2 Å². The van der Waals surface area contributed by atoms with E-state index in [1.54, 1.807) is 0 Å². The highest BCUT2D eigenvalue weighted by atomic mass is 15.2. The smallest absolute Gasteiger partial charge is 0.0366 e. The van der Waals surface area contributed by atoms with Crippen molar-refractivity contribution >= 4 is 5.69 Å². The number of piperidine rings is 1. The molecule has 0 saturated carbocycles. The van der Waals surface area contributed by atoms with Gasteiger partial charge >= 0.3 is 0 Å². The van der Waals surface area contributed by atoms with Gasteiger partial charge in [-0.25, -0.2) is 0 Å². The molecule has 0 radical (unpaired) electrons. The van der Waals surface area contributed by atoms with E-state index in [4.69, 9.17) is 0 Å². The van der Waals surface area contributed by atoms with Crippen LogP contribution in [0.2, 0.25) is 0 Å². The third kappa shape index (κ3) is 4.72. The molecule has 0 aliphatic carbocycles. The number of hydrogen-bond acceptors (Lipinski definition) is 3. The van der Waals surface area contributed by atoms with Crippen molar-refractivity contribution in [2.24, 2.45) is 5.92 Å². The standard InChI is InChI=1S/C18H31N3/c1-15(2)18(20(3)4)14-19-16-10-12-21(13-11-16)17-8-6-5-7-9-17/h5-9,15-16,18-19H,10-14H2,1-4H3. The Balaban J connectivity index is 1.77. The summed E-state index contributed by atoms with van der Waals surface area (Å²) in [5.41, 5.74) is 1.37. The fraction of sp³-hybridized carbons (Fsp3) is 0.667. The van der Waals surface area contributed by atoms with Gasteiger partial charge in [0.2, 0.25) is 0 Å². The molecule has 1 aromatic rings. The van der Waals surface area contributed by atoms with Crippen LogP contribution in [0.15, 0.2) is 30.3 Å². The molecule has 2 rings (SSSR count). The number of rotatable bonds is 6. The number of hydrogen-bond donors (Lipinski definition) is 1. The van der Waals surface area contributed by atoms with E-state index in [0.717, 1.165) is 19.6 Å². The fourth-order valence-electron chi connectivity index (χ4n) is 3.28. The number of anilines is 1. The van der Waals surface area contributed by atoms with Crippen molar-refractivity contribution in [3.8, 4) is 0 Å². The number of benzene rings is 1. The van der Waals surface area contributed by atoms with Gasteiger partial charge in [-0.15, -0.1) is 0 Å². The Morgan fingerprint density at radius 1 is 1.14 bits per heavy atom. The van der Waals surface area contributed by atoms with E-state index in [0.29, 0.717) is 18.0 Å². The van der Waals surface area contributed by atoms with Crippen LogP contribution in [0.4, 0.5) is 5.69 Å². The zero-order valence-corrected chi connectivity index (χ0v) is 14.0. The third-order valence-corrected chi connectivity index (χ3v) is 4.66. The Labute approximate surface area is 130 Å². The topological polar surface area (TPSA) is 18.5 Å². The molecule has 1 saturated heterocycles. The molecule has 0 spiro atoms. The molecule has 1 fully saturated rings. The predicted octanol–water partition coefficient (Wildman–Crippen LogP) is 2.83. The van der Waals surface area contributed by atoms with Crippen LogP contribution < -0.4 is 10.2 Å².